The molecular formula is C39H40Cl2N6O6. The van der Waals surface area contributed by atoms with Gasteiger partial charge in [0.15, 0.2) is 11.5 Å². The van der Waals surface area contributed by atoms with Crippen molar-refractivity contribution in [3.63, 3.8) is 0 Å². The Bertz CT molecular complexity index is 2030. The average molecular weight is 760 g/mol. The average Bonchev–Trinajstić information content (AvgIpc) is 3.42. The number of carbonyl (C=O) groups is 3. The molecule has 0 saturated carbocycles. The van der Waals surface area contributed by atoms with Gasteiger partial charge in [-0.15, -0.1) is 0 Å². The van der Waals surface area contributed by atoms with Gasteiger partial charge in [0.2, 0.25) is 5.91 Å². The number of unbranched alkanes of at least 4 members (excludes halogenated alkanes) is 2. The van der Waals surface area contributed by atoms with Crippen LogP contribution in [0, 0.1) is 11.3 Å². The van der Waals surface area contributed by atoms with E-state index in [0.717, 1.165) is 38.9 Å². The number of benzene rings is 3. The van der Waals surface area contributed by atoms with Gasteiger partial charge in [-0.1, -0.05) is 41.8 Å². The monoisotopic (exact) mass is 758 g/mol. The number of pyridine rings is 1. The molecule has 3 heterocycles. The number of aromatic nitrogens is 1. The van der Waals surface area contributed by atoms with Crippen molar-refractivity contribution in [2.45, 2.75) is 32.1 Å². The van der Waals surface area contributed by atoms with Crippen molar-refractivity contribution < 1.29 is 28.6 Å². The fourth-order valence-electron chi connectivity index (χ4n) is 6.62. The maximum atomic E-state index is 12.9. The summed E-state index contributed by atoms with van der Waals surface area (Å²) in [6.45, 7) is 4.56. The minimum atomic E-state index is -0.237. The normalized spacial score (nSPS) is 14.3. The van der Waals surface area contributed by atoms with E-state index in [0.29, 0.717) is 105 Å². The Kier molecular flexibility index (Phi) is 12.2. The van der Waals surface area contributed by atoms with E-state index < -0.39 is 0 Å². The van der Waals surface area contributed by atoms with Crippen molar-refractivity contribution in [3.05, 3.63) is 81.5 Å². The first kappa shape index (κ1) is 37.7. The number of amides is 3. The number of halogens is 2. The van der Waals surface area contributed by atoms with Crippen molar-refractivity contribution in [1.82, 2.24) is 19.7 Å². The fourth-order valence-corrected chi connectivity index (χ4v) is 7.13. The number of carbonyl (C=O) groups excluding carboxylic acids is 3. The Morgan fingerprint density at radius 2 is 1.58 bits per heavy atom. The second kappa shape index (κ2) is 17.2. The third-order valence-corrected chi connectivity index (χ3v) is 10.1. The minimum Gasteiger partial charge on any atom is -0.495 e. The highest BCUT2D eigenvalue weighted by molar-refractivity contribution is 6.37. The second-order valence-electron chi connectivity index (χ2n) is 12.8. The largest absolute Gasteiger partial charge is 0.495 e. The molecule has 2 aliphatic rings. The van der Waals surface area contributed by atoms with E-state index in [1.807, 2.05) is 4.90 Å². The lowest BCUT2D eigenvalue weighted by molar-refractivity contribution is -0.133. The molecule has 276 valence electrons. The van der Waals surface area contributed by atoms with Gasteiger partial charge in [-0.05, 0) is 43.5 Å². The summed E-state index contributed by atoms with van der Waals surface area (Å²) in [4.78, 5) is 48.0. The molecule has 0 spiro atoms. The predicted molar refractivity (Wildman–Crippen MR) is 203 cm³/mol. The van der Waals surface area contributed by atoms with Gasteiger partial charge in [-0.25, -0.2) is 0 Å². The molecule has 2 aliphatic heterocycles. The molecule has 0 bridgehead atoms. The molecule has 1 aromatic heterocycles. The zero-order valence-electron chi connectivity index (χ0n) is 29.6. The van der Waals surface area contributed by atoms with E-state index in [4.69, 9.17) is 37.4 Å². The number of piperazine rings is 1. The van der Waals surface area contributed by atoms with E-state index in [1.54, 1.807) is 55.6 Å². The molecule has 0 atom stereocenters. The van der Waals surface area contributed by atoms with Crippen molar-refractivity contribution >= 4 is 63.2 Å². The number of hydrogen-bond donors (Lipinski definition) is 1. The molecule has 0 unspecified atom stereocenters. The van der Waals surface area contributed by atoms with E-state index >= 15 is 0 Å². The molecule has 53 heavy (non-hydrogen) atoms. The fraction of sp³-hybridized carbons (Fsp3) is 0.359. The van der Waals surface area contributed by atoms with Crippen LogP contribution in [-0.4, -0.2) is 97.5 Å². The van der Waals surface area contributed by atoms with Crippen LogP contribution in [0.2, 0.25) is 10.0 Å². The number of ether oxygens (including phenoxy) is 3. The van der Waals surface area contributed by atoms with Gasteiger partial charge < -0.3 is 24.4 Å². The topological polar surface area (TPSA) is 137 Å². The Morgan fingerprint density at radius 3 is 2.26 bits per heavy atom. The van der Waals surface area contributed by atoms with E-state index in [2.05, 4.69) is 21.3 Å². The van der Waals surface area contributed by atoms with Crippen molar-refractivity contribution in [2.24, 2.45) is 0 Å². The number of imide groups is 1. The second-order valence-corrected chi connectivity index (χ2v) is 13.6. The van der Waals surface area contributed by atoms with E-state index in [1.165, 1.54) is 18.2 Å². The lowest BCUT2D eigenvalue weighted by Gasteiger charge is -2.34. The Balaban J connectivity index is 0.943. The Labute approximate surface area is 318 Å². The van der Waals surface area contributed by atoms with Crippen molar-refractivity contribution in [2.75, 3.05) is 65.4 Å². The number of rotatable bonds is 15. The molecule has 4 aromatic rings. The summed E-state index contributed by atoms with van der Waals surface area (Å²) in [7, 11) is 3.07. The van der Waals surface area contributed by atoms with E-state index in [9.17, 15) is 19.6 Å². The van der Waals surface area contributed by atoms with Crippen molar-refractivity contribution in [3.8, 4) is 23.3 Å². The molecule has 0 aliphatic carbocycles. The number of nitrogens with one attached hydrogen (secondary N) is 1. The smallest absolute Gasteiger partial charge is 0.261 e. The van der Waals surface area contributed by atoms with Gasteiger partial charge in [0.25, 0.3) is 11.8 Å². The molecule has 14 heteroatoms. The molecule has 3 amide bonds. The highest BCUT2D eigenvalue weighted by atomic mass is 35.5. The van der Waals surface area contributed by atoms with Crippen LogP contribution in [0.3, 0.4) is 0 Å². The number of nitrogens with zero attached hydrogens (tertiary/aromatic N) is 5. The van der Waals surface area contributed by atoms with Crippen LogP contribution in [0.25, 0.3) is 10.9 Å². The lowest BCUT2D eigenvalue weighted by atomic mass is 10.1. The molecule has 1 saturated heterocycles. The first-order chi connectivity index (χ1) is 25.7. The highest BCUT2D eigenvalue weighted by Gasteiger charge is 2.34. The minimum absolute atomic E-state index is 0.141. The van der Waals surface area contributed by atoms with Gasteiger partial charge in [0.05, 0.1) is 64.5 Å². The van der Waals surface area contributed by atoms with Crippen LogP contribution in [-0.2, 0) is 4.79 Å². The van der Waals surface area contributed by atoms with Gasteiger partial charge in [-0.3, -0.25) is 29.2 Å². The zero-order chi connectivity index (χ0) is 37.5. The number of anilines is 2. The van der Waals surface area contributed by atoms with Crippen LogP contribution in [0.5, 0.6) is 17.2 Å². The first-order valence-electron chi connectivity index (χ1n) is 17.5. The molecule has 3 aromatic carbocycles. The summed E-state index contributed by atoms with van der Waals surface area (Å²) >= 11 is 12.7. The molecule has 0 radical (unpaired) electrons. The lowest BCUT2D eigenvalue weighted by Crippen LogP contribution is -2.48. The van der Waals surface area contributed by atoms with E-state index in [-0.39, 0.29) is 17.7 Å². The summed E-state index contributed by atoms with van der Waals surface area (Å²) in [6.07, 6.45) is 4.88. The van der Waals surface area contributed by atoms with Crippen LogP contribution < -0.4 is 19.5 Å². The molecular weight excluding hydrogens is 719 g/mol. The maximum Gasteiger partial charge on any atom is 0.261 e. The summed E-state index contributed by atoms with van der Waals surface area (Å²) in [6, 6.07) is 15.9. The quantitative estimate of drug-likeness (QED) is 0.100. The maximum absolute atomic E-state index is 12.9. The van der Waals surface area contributed by atoms with Crippen LogP contribution >= 0.6 is 23.2 Å². The Morgan fingerprint density at radius 1 is 0.868 bits per heavy atom. The van der Waals surface area contributed by atoms with Gasteiger partial charge in [0, 0.05) is 69.4 Å². The molecule has 6 rings (SSSR count). The summed E-state index contributed by atoms with van der Waals surface area (Å²) in [5.41, 5.74) is 2.86. The van der Waals surface area contributed by atoms with Gasteiger partial charge in [0.1, 0.15) is 11.8 Å². The predicted octanol–water partition coefficient (Wildman–Crippen LogP) is 6.94. The standard InChI is InChI=1S/C39H40Cl2N6O6/c1-51-33-22-32(29(40)20-30(33)41)44-37-25(23-42)24-43-31-21-35(34(52-2)19-28(31)37)53-18-8-12-45-14-16-46(17-15-45)36(48)11-4-3-7-13-47-38(49)26-9-5-6-10-27(26)39(47)50/h5-6,9-10,19-22,24H,3-4,7-8,11-18H2,1-2H3,(H,43,44). The first-order valence-corrected chi connectivity index (χ1v) is 18.3. The summed E-state index contributed by atoms with van der Waals surface area (Å²) in [5, 5.41) is 14.5. The third kappa shape index (κ3) is 8.43. The number of fused-ring (bicyclic) bond motifs is 2. The van der Waals surface area contributed by atoms with Crippen LogP contribution in [0.15, 0.2) is 54.7 Å². The number of methoxy groups -OCH3 is 2. The van der Waals surface area contributed by atoms with Gasteiger partial charge in [-0.2, -0.15) is 5.26 Å². The highest BCUT2D eigenvalue weighted by Crippen LogP contribution is 2.40. The zero-order valence-corrected chi connectivity index (χ0v) is 31.1. The SMILES string of the molecule is COc1cc(Nc2c(C#N)cnc3cc(OCCCN4CCN(C(=O)CCCCCN5C(=O)c6ccccc6C5=O)CC4)c(OC)cc23)c(Cl)cc1Cl. The van der Waals surface area contributed by atoms with Gasteiger partial charge >= 0.3 is 0 Å². The number of nitriles is 1. The Hall–Kier alpha value is -5.09. The summed E-state index contributed by atoms with van der Waals surface area (Å²) in [5.74, 6) is 1.13. The van der Waals surface area contributed by atoms with Crippen LogP contribution in [0.4, 0.5) is 11.4 Å². The molecule has 1 fully saturated rings. The summed E-state index contributed by atoms with van der Waals surface area (Å²) < 4.78 is 17.2. The van der Waals surface area contributed by atoms with Crippen molar-refractivity contribution in [1.29, 1.82) is 5.26 Å². The molecule has 1 N–H and O–H groups in total. The van der Waals surface area contributed by atoms with Crippen LogP contribution in [0.1, 0.15) is 58.4 Å². The molecule has 12 nitrogen and oxygen atoms in total. The third-order valence-electron chi connectivity index (χ3n) is 9.53. The number of hydrogen-bond acceptors (Lipinski definition) is 10.